The van der Waals surface area contributed by atoms with E-state index in [0.29, 0.717) is 6.42 Å². The zero-order chi connectivity index (χ0) is 10.7. The van der Waals surface area contributed by atoms with Crippen LogP contribution in [-0.4, -0.2) is 23.3 Å². The summed E-state index contributed by atoms with van der Waals surface area (Å²) in [6.07, 6.45) is -0.241. The summed E-state index contributed by atoms with van der Waals surface area (Å²) in [4.78, 5) is 11.2. The molecule has 4 heteroatoms. The van der Waals surface area contributed by atoms with Gasteiger partial charge in [0.2, 0.25) is 0 Å². The number of carbonyl (C=O) groups is 1. The Morgan fingerprint density at radius 3 is 2.73 bits per heavy atom. The van der Waals surface area contributed by atoms with Crippen molar-refractivity contribution in [3.05, 3.63) is 35.9 Å². The number of nitrogens with one attached hydrogen (secondary N) is 1. The summed E-state index contributed by atoms with van der Waals surface area (Å²) in [5.74, 6) is 0. The summed E-state index contributed by atoms with van der Waals surface area (Å²) in [5.41, 5.74) is 0.948. The van der Waals surface area contributed by atoms with Crippen molar-refractivity contribution in [2.75, 3.05) is 0 Å². The van der Waals surface area contributed by atoms with E-state index in [9.17, 15) is 4.79 Å². The van der Waals surface area contributed by atoms with E-state index in [2.05, 4.69) is 5.32 Å². The number of ether oxygens (including phenoxy) is 1. The zero-order valence-corrected chi connectivity index (χ0v) is 8.22. The Morgan fingerprint density at radius 2 is 2.13 bits per heavy atom. The first-order valence-electron chi connectivity index (χ1n) is 4.91. The normalized spacial score (nSPS) is 23.3. The molecule has 0 aromatic heterocycles. The maximum Gasteiger partial charge on any atom is 0.407 e. The summed E-state index contributed by atoms with van der Waals surface area (Å²) < 4.78 is 4.97. The topological polar surface area (TPSA) is 58.6 Å². The van der Waals surface area contributed by atoms with E-state index in [4.69, 9.17) is 9.84 Å². The summed E-state index contributed by atoms with van der Waals surface area (Å²) in [6, 6.07) is 9.35. The van der Waals surface area contributed by atoms with Crippen LogP contribution in [0.1, 0.15) is 12.0 Å². The number of benzene rings is 1. The predicted octanol–water partition coefficient (Wildman–Crippen LogP) is 1.05. The van der Waals surface area contributed by atoms with Crippen LogP contribution in [0.15, 0.2) is 30.3 Å². The van der Waals surface area contributed by atoms with Crippen LogP contribution in [0.4, 0.5) is 4.79 Å². The second-order valence-electron chi connectivity index (χ2n) is 3.62. The van der Waals surface area contributed by atoms with Gasteiger partial charge < -0.3 is 15.2 Å². The van der Waals surface area contributed by atoms with Crippen molar-refractivity contribution in [2.45, 2.75) is 25.2 Å². The number of aliphatic hydroxyl groups is 1. The van der Waals surface area contributed by atoms with Crippen LogP contribution < -0.4 is 5.32 Å². The molecule has 1 fully saturated rings. The van der Waals surface area contributed by atoms with E-state index >= 15 is 0 Å². The third-order valence-electron chi connectivity index (χ3n) is 2.27. The number of alkyl carbamates (subject to hydrolysis) is 1. The van der Waals surface area contributed by atoms with Gasteiger partial charge >= 0.3 is 6.09 Å². The lowest BCUT2D eigenvalue weighted by Crippen LogP contribution is -2.28. The number of carbonyl (C=O) groups excluding carboxylic acids is 1. The van der Waals surface area contributed by atoms with Gasteiger partial charge in [-0.1, -0.05) is 30.3 Å². The Labute approximate surface area is 87.9 Å². The molecular formula is C11H13NO3. The minimum absolute atomic E-state index is 0.117. The Morgan fingerprint density at radius 1 is 1.47 bits per heavy atom. The molecule has 1 saturated carbocycles. The molecule has 2 N–H and O–H groups in total. The number of aliphatic hydroxyl groups excluding tert-OH is 1. The Hall–Kier alpha value is -1.55. The molecule has 0 bridgehead atoms. The molecule has 1 amide bonds. The maximum absolute atomic E-state index is 11.2. The molecule has 0 heterocycles. The fourth-order valence-electron chi connectivity index (χ4n) is 1.25. The monoisotopic (exact) mass is 207 g/mol. The van der Waals surface area contributed by atoms with Crippen LogP contribution in [0.5, 0.6) is 0 Å². The molecule has 0 saturated heterocycles. The van der Waals surface area contributed by atoms with Gasteiger partial charge in [0, 0.05) is 0 Å². The smallest absolute Gasteiger partial charge is 0.407 e. The van der Waals surface area contributed by atoms with Crippen LogP contribution in [0.2, 0.25) is 0 Å². The molecule has 1 aliphatic rings. The third kappa shape index (κ3) is 2.95. The predicted molar refractivity (Wildman–Crippen MR) is 54.2 cm³/mol. The van der Waals surface area contributed by atoms with Crippen LogP contribution in [0.3, 0.4) is 0 Å². The SMILES string of the molecule is O=C(NC1CC1O)OCc1ccccc1. The lowest BCUT2D eigenvalue weighted by atomic mass is 10.2. The molecule has 1 aromatic rings. The summed E-state index contributed by atoms with van der Waals surface area (Å²) in [6.45, 7) is 0.259. The van der Waals surface area contributed by atoms with Gasteiger partial charge in [0.25, 0.3) is 0 Å². The molecule has 2 unspecified atom stereocenters. The first kappa shape index (κ1) is 9.98. The molecule has 80 valence electrons. The minimum Gasteiger partial charge on any atom is -0.445 e. The van der Waals surface area contributed by atoms with E-state index in [1.807, 2.05) is 30.3 Å². The first-order valence-corrected chi connectivity index (χ1v) is 4.91. The molecule has 15 heavy (non-hydrogen) atoms. The van der Waals surface area contributed by atoms with Crippen molar-refractivity contribution >= 4 is 6.09 Å². The molecule has 1 aromatic carbocycles. The van der Waals surface area contributed by atoms with Gasteiger partial charge in [0.05, 0.1) is 12.1 Å². The number of amides is 1. The van der Waals surface area contributed by atoms with Gasteiger partial charge in [-0.05, 0) is 12.0 Å². The highest BCUT2D eigenvalue weighted by Crippen LogP contribution is 2.20. The van der Waals surface area contributed by atoms with Crippen LogP contribution in [0.25, 0.3) is 0 Å². The fourth-order valence-corrected chi connectivity index (χ4v) is 1.25. The highest BCUT2D eigenvalue weighted by atomic mass is 16.5. The third-order valence-corrected chi connectivity index (χ3v) is 2.27. The molecular weight excluding hydrogens is 194 g/mol. The van der Waals surface area contributed by atoms with Gasteiger partial charge in [0.15, 0.2) is 0 Å². The zero-order valence-electron chi connectivity index (χ0n) is 8.22. The molecule has 0 radical (unpaired) electrons. The number of rotatable bonds is 3. The molecule has 1 aliphatic carbocycles. The molecule has 0 spiro atoms. The first-order chi connectivity index (χ1) is 7.25. The number of hydrogen-bond acceptors (Lipinski definition) is 3. The Bertz CT molecular complexity index is 339. The fraction of sp³-hybridized carbons (Fsp3) is 0.364. The average Bonchev–Trinajstić information content (AvgIpc) is 2.93. The average molecular weight is 207 g/mol. The van der Waals surface area contributed by atoms with E-state index in [-0.39, 0.29) is 12.6 Å². The lowest BCUT2D eigenvalue weighted by molar-refractivity contribution is 0.136. The standard InChI is InChI=1S/C11H13NO3/c13-10-6-9(10)12-11(14)15-7-8-4-2-1-3-5-8/h1-5,9-10,13H,6-7H2,(H,12,14). The van der Waals surface area contributed by atoms with E-state index < -0.39 is 12.2 Å². The van der Waals surface area contributed by atoms with Crippen LogP contribution >= 0.6 is 0 Å². The lowest BCUT2D eigenvalue weighted by Gasteiger charge is -2.05. The second-order valence-corrected chi connectivity index (χ2v) is 3.62. The van der Waals surface area contributed by atoms with Crippen molar-refractivity contribution < 1.29 is 14.6 Å². The molecule has 2 rings (SSSR count). The van der Waals surface area contributed by atoms with Crippen molar-refractivity contribution in [2.24, 2.45) is 0 Å². The largest absolute Gasteiger partial charge is 0.445 e. The summed E-state index contributed by atoms with van der Waals surface area (Å²) in [5, 5.41) is 11.6. The highest BCUT2D eigenvalue weighted by molar-refractivity contribution is 5.68. The van der Waals surface area contributed by atoms with E-state index in [1.54, 1.807) is 0 Å². The Balaban J connectivity index is 1.71. The van der Waals surface area contributed by atoms with Gasteiger partial charge in [0.1, 0.15) is 6.61 Å². The van der Waals surface area contributed by atoms with Crippen molar-refractivity contribution in [1.82, 2.24) is 5.32 Å². The minimum atomic E-state index is -0.472. The number of hydrogen-bond donors (Lipinski definition) is 2. The summed E-state index contributed by atoms with van der Waals surface area (Å²) in [7, 11) is 0. The quantitative estimate of drug-likeness (QED) is 0.778. The van der Waals surface area contributed by atoms with Crippen LogP contribution in [-0.2, 0) is 11.3 Å². The van der Waals surface area contributed by atoms with E-state index in [1.165, 1.54) is 0 Å². The maximum atomic E-state index is 11.2. The van der Waals surface area contributed by atoms with Gasteiger partial charge in [-0.2, -0.15) is 0 Å². The van der Waals surface area contributed by atoms with Crippen molar-refractivity contribution in [3.8, 4) is 0 Å². The van der Waals surface area contributed by atoms with Gasteiger partial charge in [-0.25, -0.2) is 4.79 Å². The summed E-state index contributed by atoms with van der Waals surface area (Å²) >= 11 is 0. The van der Waals surface area contributed by atoms with Crippen molar-refractivity contribution in [1.29, 1.82) is 0 Å². The molecule has 2 atom stereocenters. The second kappa shape index (κ2) is 4.31. The molecule has 4 nitrogen and oxygen atoms in total. The molecule has 0 aliphatic heterocycles. The van der Waals surface area contributed by atoms with Crippen molar-refractivity contribution in [3.63, 3.8) is 0 Å². The highest BCUT2D eigenvalue weighted by Gasteiger charge is 2.36. The van der Waals surface area contributed by atoms with Gasteiger partial charge in [-0.3, -0.25) is 0 Å². The van der Waals surface area contributed by atoms with Crippen LogP contribution in [0, 0.1) is 0 Å². The Kier molecular flexibility index (Phi) is 2.87. The van der Waals surface area contributed by atoms with Gasteiger partial charge in [-0.15, -0.1) is 0 Å². The van der Waals surface area contributed by atoms with E-state index in [0.717, 1.165) is 5.56 Å².